The van der Waals surface area contributed by atoms with Gasteiger partial charge in [0.05, 0.1) is 17.6 Å². The average Bonchev–Trinajstić information content (AvgIpc) is 2.64. The molecule has 1 heterocycles. The van der Waals surface area contributed by atoms with Gasteiger partial charge in [-0.15, -0.1) is 0 Å². The lowest BCUT2D eigenvalue weighted by Crippen LogP contribution is -2.58. The highest BCUT2D eigenvalue weighted by Crippen LogP contribution is 2.31. The monoisotopic (exact) mass is 386 g/mol. The Morgan fingerprint density at radius 3 is 2.37 bits per heavy atom. The van der Waals surface area contributed by atoms with Crippen molar-refractivity contribution >= 4 is 17.7 Å². The number of urea groups is 1. The molecule has 0 aliphatic carbocycles. The van der Waals surface area contributed by atoms with Crippen LogP contribution in [0.4, 0.5) is 23.7 Å². The Hall–Kier alpha value is -2.45. The van der Waals surface area contributed by atoms with Gasteiger partial charge in [0, 0.05) is 31.9 Å². The van der Waals surface area contributed by atoms with Gasteiger partial charge in [0.2, 0.25) is 0 Å². The molecule has 1 N–H and O–H groups in total. The number of nitrogens with one attached hydrogen (secondary N) is 1. The smallest absolute Gasteiger partial charge is 0.416 e. The van der Waals surface area contributed by atoms with Gasteiger partial charge < -0.3 is 25.0 Å². The van der Waals surface area contributed by atoms with Crippen LogP contribution in [-0.2, 0) is 11.0 Å². The summed E-state index contributed by atoms with van der Waals surface area (Å²) < 4.78 is 38.6. The maximum absolute atomic E-state index is 12.9. The molecule has 1 fully saturated rings. The van der Waals surface area contributed by atoms with E-state index in [4.69, 9.17) is 0 Å². The van der Waals surface area contributed by atoms with Crippen LogP contribution in [0, 0.1) is 5.92 Å². The summed E-state index contributed by atoms with van der Waals surface area (Å²) in [6.07, 6.45) is -3.84. The van der Waals surface area contributed by atoms with Crippen LogP contribution in [0.3, 0.4) is 0 Å². The summed E-state index contributed by atoms with van der Waals surface area (Å²) >= 11 is 0. The first-order chi connectivity index (χ1) is 12.6. The standard InChI is InChI=1S/C18H24F3N3O3/c1-3-12(2)15(16(25)26)22-17(27)24-9-7-23(8-10-24)14-6-4-5-13(11-14)18(19,20)21/h4-6,11-12,15H,3,7-10H2,1-2H3,(H,22,27)(H,25,26)/p-1/t12-,15+/m1/s1. The van der Waals surface area contributed by atoms with E-state index < -0.39 is 29.8 Å². The number of hydrogen-bond acceptors (Lipinski definition) is 4. The molecule has 2 rings (SSSR count). The third kappa shape index (κ3) is 5.27. The first-order valence-corrected chi connectivity index (χ1v) is 8.82. The number of alkyl halides is 3. The third-order valence-corrected chi connectivity index (χ3v) is 4.85. The van der Waals surface area contributed by atoms with Gasteiger partial charge in [-0.25, -0.2) is 4.79 Å². The molecule has 1 aliphatic rings. The van der Waals surface area contributed by atoms with E-state index in [9.17, 15) is 27.9 Å². The topological polar surface area (TPSA) is 75.7 Å². The number of hydrogen-bond donors (Lipinski definition) is 1. The number of carboxylic acids is 1. The molecule has 27 heavy (non-hydrogen) atoms. The number of carbonyl (C=O) groups excluding carboxylic acids is 2. The van der Waals surface area contributed by atoms with Crippen LogP contribution in [0.2, 0.25) is 0 Å². The summed E-state index contributed by atoms with van der Waals surface area (Å²) in [4.78, 5) is 26.8. The van der Waals surface area contributed by atoms with Crippen LogP contribution in [-0.4, -0.2) is 49.1 Å². The fourth-order valence-electron chi connectivity index (χ4n) is 2.94. The van der Waals surface area contributed by atoms with Gasteiger partial charge >= 0.3 is 12.2 Å². The zero-order valence-corrected chi connectivity index (χ0v) is 15.3. The lowest BCUT2D eigenvalue weighted by atomic mass is 9.99. The predicted molar refractivity (Wildman–Crippen MR) is 92.0 cm³/mol. The highest BCUT2D eigenvalue weighted by atomic mass is 19.4. The average molecular weight is 386 g/mol. The fraction of sp³-hybridized carbons (Fsp3) is 0.556. The van der Waals surface area contributed by atoms with Crippen molar-refractivity contribution in [3.8, 4) is 0 Å². The summed E-state index contributed by atoms with van der Waals surface area (Å²) in [6, 6.07) is 3.47. The molecule has 9 heteroatoms. The van der Waals surface area contributed by atoms with Crippen molar-refractivity contribution in [2.75, 3.05) is 31.1 Å². The molecule has 1 aromatic rings. The van der Waals surface area contributed by atoms with Gasteiger partial charge in [0.1, 0.15) is 0 Å². The van der Waals surface area contributed by atoms with Gasteiger partial charge in [0.15, 0.2) is 0 Å². The minimum absolute atomic E-state index is 0.273. The summed E-state index contributed by atoms with van der Waals surface area (Å²) in [5.74, 6) is -1.61. The quantitative estimate of drug-likeness (QED) is 0.836. The second-order valence-corrected chi connectivity index (χ2v) is 6.65. The highest BCUT2D eigenvalue weighted by molar-refractivity contribution is 5.82. The fourth-order valence-corrected chi connectivity index (χ4v) is 2.94. The molecule has 1 aromatic carbocycles. The van der Waals surface area contributed by atoms with Crippen molar-refractivity contribution in [1.29, 1.82) is 0 Å². The molecule has 0 spiro atoms. The van der Waals surface area contributed by atoms with E-state index in [1.165, 1.54) is 11.0 Å². The summed E-state index contributed by atoms with van der Waals surface area (Å²) in [5.41, 5.74) is -0.275. The molecular weight excluding hydrogens is 363 g/mol. The van der Waals surface area contributed by atoms with E-state index in [-0.39, 0.29) is 19.0 Å². The number of piperazine rings is 1. The van der Waals surface area contributed by atoms with Crippen LogP contribution < -0.4 is 15.3 Å². The molecule has 0 aromatic heterocycles. The van der Waals surface area contributed by atoms with Gasteiger partial charge in [-0.2, -0.15) is 13.2 Å². The molecule has 2 amide bonds. The van der Waals surface area contributed by atoms with Gasteiger partial charge in [-0.3, -0.25) is 0 Å². The highest BCUT2D eigenvalue weighted by Gasteiger charge is 2.31. The number of anilines is 1. The Bertz CT molecular complexity index is 673. The van der Waals surface area contributed by atoms with E-state index >= 15 is 0 Å². The van der Waals surface area contributed by atoms with E-state index in [0.717, 1.165) is 12.1 Å². The van der Waals surface area contributed by atoms with Crippen LogP contribution in [0.1, 0.15) is 25.8 Å². The largest absolute Gasteiger partial charge is 0.548 e. The van der Waals surface area contributed by atoms with Crippen LogP contribution >= 0.6 is 0 Å². The number of nitrogens with zero attached hydrogens (tertiary/aromatic N) is 2. The number of carbonyl (C=O) groups is 2. The van der Waals surface area contributed by atoms with Crippen molar-refractivity contribution in [2.24, 2.45) is 5.92 Å². The van der Waals surface area contributed by atoms with Crippen molar-refractivity contribution in [3.05, 3.63) is 29.8 Å². The lowest BCUT2D eigenvalue weighted by Gasteiger charge is -2.37. The Balaban J connectivity index is 1.97. The normalized spacial score (nSPS) is 17.4. The van der Waals surface area contributed by atoms with Crippen LogP contribution in [0.15, 0.2) is 24.3 Å². The third-order valence-electron chi connectivity index (χ3n) is 4.85. The molecule has 0 radical (unpaired) electrons. The molecule has 1 saturated heterocycles. The van der Waals surface area contributed by atoms with Crippen molar-refractivity contribution in [3.63, 3.8) is 0 Å². The summed E-state index contributed by atoms with van der Waals surface area (Å²) in [7, 11) is 0. The minimum atomic E-state index is -4.41. The molecule has 2 atom stereocenters. The van der Waals surface area contributed by atoms with Gasteiger partial charge in [-0.05, 0) is 24.1 Å². The maximum atomic E-state index is 12.9. The maximum Gasteiger partial charge on any atom is 0.416 e. The van der Waals surface area contributed by atoms with E-state index in [1.807, 2.05) is 6.92 Å². The summed E-state index contributed by atoms with van der Waals surface area (Å²) in [6.45, 7) is 4.81. The second kappa shape index (κ2) is 8.49. The van der Waals surface area contributed by atoms with E-state index in [0.29, 0.717) is 25.2 Å². The Morgan fingerprint density at radius 2 is 1.85 bits per heavy atom. The van der Waals surface area contributed by atoms with Gasteiger partial charge in [0.25, 0.3) is 0 Å². The molecular formula is C18H23F3N3O3-. The zero-order valence-electron chi connectivity index (χ0n) is 15.3. The first-order valence-electron chi connectivity index (χ1n) is 8.82. The molecule has 150 valence electrons. The number of amides is 2. The zero-order chi connectivity index (χ0) is 20.2. The number of benzene rings is 1. The SMILES string of the molecule is CC[C@@H](C)[C@H](NC(=O)N1CCN(c2cccc(C(F)(F)F)c2)CC1)C(=O)[O-]. The number of halogens is 3. The molecule has 1 aliphatic heterocycles. The summed E-state index contributed by atoms with van der Waals surface area (Å²) in [5, 5.41) is 13.7. The minimum Gasteiger partial charge on any atom is -0.548 e. The molecule has 6 nitrogen and oxygen atoms in total. The van der Waals surface area contributed by atoms with Crippen LogP contribution in [0.5, 0.6) is 0 Å². The second-order valence-electron chi connectivity index (χ2n) is 6.65. The van der Waals surface area contributed by atoms with Crippen molar-refractivity contribution in [1.82, 2.24) is 10.2 Å². The Kier molecular flexibility index (Phi) is 6.56. The number of carboxylic acid groups (broad SMARTS) is 1. The lowest BCUT2D eigenvalue weighted by molar-refractivity contribution is -0.309. The molecule has 0 unspecified atom stereocenters. The predicted octanol–water partition coefficient (Wildman–Crippen LogP) is 1.70. The Morgan fingerprint density at radius 1 is 1.22 bits per heavy atom. The first kappa shape index (κ1) is 20.9. The Labute approximate surface area is 155 Å². The van der Waals surface area contributed by atoms with Crippen molar-refractivity contribution < 1.29 is 27.9 Å². The van der Waals surface area contributed by atoms with E-state index in [2.05, 4.69) is 5.32 Å². The molecule has 0 saturated carbocycles. The van der Waals surface area contributed by atoms with E-state index in [1.54, 1.807) is 17.9 Å². The van der Waals surface area contributed by atoms with Crippen LogP contribution in [0.25, 0.3) is 0 Å². The van der Waals surface area contributed by atoms with Crippen molar-refractivity contribution in [2.45, 2.75) is 32.5 Å². The van der Waals surface area contributed by atoms with Gasteiger partial charge in [-0.1, -0.05) is 26.3 Å². The number of aliphatic carboxylic acids is 1. The number of rotatable bonds is 5. The molecule has 0 bridgehead atoms.